The highest BCUT2D eigenvalue weighted by Gasteiger charge is 2.23. The van der Waals surface area contributed by atoms with E-state index in [4.69, 9.17) is 9.52 Å². The molecule has 1 aromatic heterocycles. The number of amides is 1. The van der Waals surface area contributed by atoms with E-state index in [1.807, 2.05) is 0 Å². The van der Waals surface area contributed by atoms with Crippen molar-refractivity contribution >= 4 is 11.9 Å². The van der Waals surface area contributed by atoms with Crippen LogP contribution in [0.4, 0.5) is 0 Å². The van der Waals surface area contributed by atoms with Crippen LogP contribution in [0.15, 0.2) is 17.1 Å². The van der Waals surface area contributed by atoms with Crippen molar-refractivity contribution < 1.29 is 19.1 Å². The van der Waals surface area contributed by atoms with Crippen LogP contribution in [-0.4, -0.2) is 23.0 Å². The van der Waals surface area contributed by atoms with E-state index in [0.29, 0.717) is 17.1 Å². The van der Waals surface area contributed by atoms with Gasteiger partial charge >= 0.3 is 5.97 Å². The van der Waals surface area contributed by atoms with E-state index in [1.54, 1.807) is 20.8 Å². The highest BCUT2D eigenvalue weighted by atomic mass is 16.4. The molecule has 1 aromatic rings. The normalized spacial score (nSPS) is 11.9. The van der Waals surface area contributed by atoms with Gasteiger partial charge in [0.1, 0.15) is 17.6 Å². The van der Waals surface area contributed by atoms with Gasteiger partial charge in [-0.15, -0.1) is 6.58 Å². The fourth-order valence-corrected chi connectivity index (χ4v) is 1.75. The number of nitrogens with one attached hydrogen (secondary N) is 1. The number of carboxylic acids is 1. The van der Waals surface area contributed by atoms with Crippen molar-refractivity contribution in [2.45, 2.75) is 33.2 Å². The van der Waals surface area contributed by atoms with E-state index < -0.39 is 17.9 Å². The average molecular weight is 251 g/mol. The van der Waals surface area contributed by atoms with Gasteiger partial charge in [-0.3, -0.25) is 4.79 Å². The molecule has 1 amide bonds. The molecule has 1 atom stereocenters. The summed E-state index contributed by atoms with van der Waals surface area (Å²) in [5, 5.41) is 11.4. The lowest BCUT2D eigenvalue weighted by atomic mass is 10.1. The van der Waals surface area contributed by atoms with Crippen molar-refractivity contribution in [1.82, 2.24) is 5.32 Å². The topological polar surface area (TPSA) is 79.5 Å². The summed E-state index contributed by atoms with van der Waals surface area (Å²) in [6, 6.07) is -0.969. The summed E-state index contributed by atoms with van der Waals surface area (Å²) >= 11 is 0. The Morgan fingerprint density at radius 1 is 1.39 bits per heavy atom. The second-order valence-electron chi connectivity index (χ2n) is 4.10. The summed E-state index contributed by atoms with van der Waals surface area (Å²) in [5.41, 5.74) is 1.13. The molecule has 18 heavy (non-hydrogen) atoms. The Morgan fingerprint density at radius 3 is 2.39 bits per heavy atom. The van der Waals surface area contributed by atoms with E-state index in [9.17, 15) is 9.59 Å². The van der Waals surface area contributed by atoms with Gasteiger partial charge in [-0.05, 0) is 27.2 Å². The molecule has 1 unspecified atom stereocenters. The number of aryl methyl sites for hydroxylation is 2. The molecule has 0 aliphatic rings. The second-order valence-corrected chi connectivity index (χ2v) is 4.10. The largest absolute Gasteiger partial charge is 0.480 e. The number of furan rings is 1. The van der Waals surface area contributed by atoms with E-state index >= 15 is 0 Å². The van der Waals surface area contributed by atoms with Crippen LogP contribution < -0.4 is 5.32 Å². The molecule has 0 aliphatic carbocycles. The number of carboxylic acid groups (broad SMARTS) is 1. The molecule has 1 heterocycles. The van der Waals surface area contributed by atoms with Crippen molar-refractivity contribution in [3.05, 3.63) is 35.3 Å². The van der Waals surface area contributed by atoms with Crippen molar-refractivity contribution in [2.75, 3.05) is 0 Å². The van der Waals surface area contributed by atoms with E-state index in [2.05, 4.69) is 11.9 Å². The molecule has 1 rings (SSSR count). The third kappa shape index (κ3) is 2.80. The monoisotopic (exact) mass is 251 g/mol. The lowest BCUT2D eigenvalue weighted by Crippen LogP contribution is -2.40. The summed E-state index contributed by atoms with van der Waals surface area (Å²) in [6.45, 7) is 8.68. The Kier molecular flexibility index (Phi) is 4.31. The lowest BCUT2D eigenvalue weighted by molar-refractivity contribution is -0.139. The Hall–Kier alpha value is -2.04. The predicted octanol–water partition coefficient (Wildman–Crippen LogP) is 1.96. The lowest BCUT2D eigenvalue weighted by Gasteiger charge is -2.12. The zero-order valence-electron chi connectivity index (χ0n) is 10.7. The number of carbonyl (C=O) groups excluding carboxylic acids is 1. The number of aliphatic carboxylic acids is 1. The number of hydrogen-bond donors (Lipinski definition) is 2. The Bertz CT molecular complexity index is 487. The standard InChI is InChI=1S/C13H17NO4/c1-5-6-10(13(16)17)14-12(15)11-7(2)8(3)18-9(11)4/h5,10H,1,6H2,2-4H3,(H,14,15)(H,16,17). The van der Waals surface area contributed by atoms with Gasteiger partial charge in [0.05, 0.1) is 5.56 Å². The molecule has 0 saturated carbocycles. The van der Waals surface area contributed by atoms with Gasteiger partial charge in [0.15, 0.2) is 0 Å². The molecule has 98 valence electrons. The molecule has 5 nitrogen and oxygen atoms in total. The quantitative estimate of drug-likeness (QED) is 0.784. The van der Waals surface area contributed by atoms with Crippen molar-refractivity contribution in [1.29, 1.82) is 0 Å². The van der Waals surface area contributed by atoms with Gasteiger partial charge in [-0.2, -0.15) is 0 Å². The fourth-order valence-electron chi connectivity index (χ4n) is 1.75. The summed E-state index contributed by atoms with van der Waals surface area (Å²) in [5.74, 6) is -0.367. The average Bonchev–Trinajstić information content (AvgIpc) is 2.52. The van der Waals surface area contributed by atoms with Gasteiger partial charge < -0.3 is 14.8 Å². The van der Waals surface area contributed by atoms with E-state index in [-0.39, 0.29) is 6.42 Å². The van der Waals surface area contributed by atoms with Crippen LogP contribution >= 0.6 is 0 Å². The van der Waals surface area contributed by atoms with Crippen molar-refractivity contribution in [3.63, 3.8) is 0 Å². The number of hydrogen-bond acceptors (Lipinski definition) is 3. The minimum absolute atomic E-state index is 0.177. The first-order valence-electron chi connectivity index (χ1n) is 5.59. The van der Waals surface area contributed by atoms with Crippen LogP contribution in [0.2, 0.25) is 0 Å². The SMILES string of the molecule is C=CCC(NC(=O)c1c(C)oc(C)c1C)C(=O)O. The smallest absolute Gasteiger partial charge is 0.326 e. The van der Waals surface area contributed by atoms with Gasteiger partial charge in [0.2, 0.25) is 0 Å². The van der Waals surface area contributed by atoms with Crippen molar-refractivity contribution in [2.24, 2.45) is 0 Å². The second kappa shape index (κ2) is 5.53. The van der Waals surface area contributed by atoms with Crippen molar-refractivity contribution in [3.8, 4) is 0 Å². The van der Waals surface area contributed by atoms with E-state index in [0.717, 1.165) is 5.56 Å². The first-order chi connectivity index (χ1) is 8.38. The predicted molar refractivity (Wildman–Crippen MR) is 66.6 cm³/mol. The third-order valence-electron chi connectivity index (χ3n) is 2.79. The Morgan fingerprint density at radius 2 is 2.00 bits per heavy atom. The number of carbonyl (C=O) groups is 2. The minimum atomic E-state index is -1.08. The maximum atomic E-state index is 12.0. The fraction of sp³-hybridized carbons (Fsp3) is 0.385. The zero-order chi connectivity index (χ0) is 13.9. The van der Waals surface area contributed by atoms with Crippen LogP contribution in [-0.2, 0) is 4.79 Å². The van der Waals surface area contributed by atoms with Gasteiger partial charge in [0, 0.05) is 5.56 Å². The Labute approximate surface area is 105 Å². The third-order valence-corrected chi connectivity index (χ3v) is 2.79. The molecule has 0 aromatic carbocycles. The van der Waals surface area contributed by atoms with Gasteiger partial charge in [-0.1, -0.05) is 6.08 Å². The molecular weight excluding hydrogens is 234 g/mol. The maximum Gasteiger partial charge on any atom is 0.326 e. The molecule has 0 fully saturated rings. The molecule has 0 spiro atoms. The van der Waals surface area contributed by atoms with Crippen LogP contribution in [0.3, 0.4) is 0 Å². The Balaban J connectivity index is 2.93. The molecule has 0 saturated heterocycles. The van der Waals surface area contributed by atoms with Crippen LogP contribution in [0.1, 0.15) is 33.9 Å². The van der Waals surface area contributed by atoms with E-state index in [1.165, 1.54) is 6.08 Å². The summed E-state index contributed by atoms with van der Waals surface area (Å²) in [6.07, 6.45) is 1.63. The summed E-state index contributed by atoms with van der Waals surface area (Å²) in [7, 11) is 0. The molecule has 0 aliphatic heterocycles. The highest BCUT2D eigenvalue weighted by molar-refractivity contribution is 5.98. The molecule has 2 N–H and O–H groups in total. The molecule has 0 bridgehead atoms. The van der Waals surface area contributed by atoms with Crippen LogP contribution in [0.25, 0.3) is 0 Å². The minimum Gasteiger partial charge on any atom is -0.480 e. The highest BCUT2D eigenvalue weighted by Crippen LogP contribution is 2.20. The van der Waals surface area contributed by atoms with Crippen LogP contribution in [0, 0.1) is 20.8 Å². The summed E-state index contributed by atoms with van der Waals surface area (Å²) in [4.78, 5) is 23.0. The first kappa shape index (κ1) is 14.0. The molecular formula is C13H17NO4. The van der Waals surface area contributed by atoms with Gasteiger partial charge in [-0.25, -0.2) is 4.79 Å². The molecule has 5 heteroatoms. The summed E-state index contributed by atoms with van der Waals surface area (Å²) < 4.78 is 5.34. The first-order valence-corrected chi connectivity index (χ1v) is 5.59. The maximum absolute atomic E-state index is 12.0. The van der Waals surface area contributed by atoms with Gasteiger partial charge in [0.25, 0.3) is 5.91 Å². The van der Waals surface area contributed by atoms with Crippen LogP contribution in [0.5, 0.6) is 0 Å². The molecule has 0 radical (unpaired) electrons. The zero-order valence-corrected chi connectivity index (χ0v) is 10.7. The number of rotatable bonds is 5.